The first kappa shape index (κ1) is 19.7. The van der Waals surface area contributed by atoms with E-state index in [1.54, 1.807) is 34.1 Å². The highest BCUT2D eigenvalue weighted by Gasteiger charge is 2.39. The summed E-state index contributed by atoms with van der Waals surface area (Å²) in [5.74, 6) is -0.178. The van der Waals surface area contributed by atoms with Crippen LogP contribution < -0.4 is 0 Å². The first-order valence-electron chi connectivity index (χ1n) is 10.1. The minimum Gasteiger partial charge on any atom is -0.435 e. The second-order valence-corrected chi connectivity index (χ2v) is 7.87. The van der Waals surface area contributed by atoms with Crippen molar-refractivity contribution in [3.63, 3.8) is 0 Å². The summed E-state index contributed by atoms with van der Waals surface area (Å²) < 4.78 is 21.5. The Hall–Kier alpha value is -3.20. The molecule has 0 aromatic carbocycles. The normalized spacial score (nSPS) is 17.2. The van der Waals surface area contributed by atoms with E-state index in [9.17, 15) is 9.18 Å². The Labute approximate surface area is 182 Å². The average Bonchev–Trinajstić information content (AvgIpc) is 3.49. The molecule has 31 heavy (non-hydrogen) atoms. The van der Waals surface area contributed by atoms with Crippen molar-refractivity contribution in [3.05, 3.63) is 70.2 Å². The first-order valence-corrected chi connectivity index (χ1v) is 10.5. The van der Waals surface area contributed by atoms with Crippen LogP contribution in [0.4, 0.5) is 4.39 Å². The molecular formula is C21H20ClFN6O2. The van der Waals surface area contributed by atoms with Gasteiger partial charge in [0.15, 0.2) is 5.89 Å². The van der Waals surface area contributed by atoms with Gasteiger partial charge in [-0.25, -0.2) is 18.9 Å². The van der Waals surface area contributed by atoms with Gasteiger partial charge in [0.05, 0.1) is 28.3 Å². The number of carbonyl (C=O) groups excluding carboxylic acids is 1. The number of aromatic nitrogens is 5. The topological polar surface area (TPSA) is 92.3 Å². The quantitative estimate of drug-likeness (QED) is 0.514. The molecule has 0 spiro atoms. The van der Waals surface area contributed by atoms with Crippen LogP contribution in [-0.2, 0) is 12.8 Å². The number of H-pyrrole nitrogens is 1. The maximum atomic E-state index is 14.2. The number of nitrogens with one attached hydrogen (secondary N) is 1. The second kappa shape index (κ2) is 7.49. The number of fused-ring (bicyclic) bond motifs is 2. The Bertz CT molecular complexity index is 1280. The molecule has 0 fully saturated rings. The van der Waals surface area contributed by atoms with Crippen molar-refractivity contribution in [2.45, 2.75) is 38.9 Å². The van der Waals surface area contributed by atoms with E-state index in [0.717, 1.165) is 11.2 Å². The highest BCUT2D eigenvalue weighted by Crippen LogP contribution is 2.36. The Kier molecular flexibility index (Phi) is 4.77. The smallest absolute Gasteiger partial charge is 0.292 e. The highest BCUT2D eigenvalue weighted by atomic mass is 35.5. The van der Waals surface area contributed by atoms with Crippen molar-refractivity contribution in [1.29, 1.82) is 0 Å². The van der Waals surface area contributed by atoms with E-state index >= 15 is 0 Å². The van der Waals surface area contributed by atoms with Gasteiger partial charge in [0.25, 0.3) is 5.91 Å². The van der Waals surface area contributed by atoms with Crippen LogP contribution in [0.5, 0.6) is 0 Å². The monoisotopic (exact) mass is 442 g/mol. The van der Waals surface area contributed by atoms with E-state index in [1.165, 1.54) is 6.92 Å². The van der Waals surface area contributed by atoms with Crippen molar-refractivity contribution in [2.24, 2.45) is 0 Å². The summed E-state index contributed by atoms with van der Waals surface area (Å²) in [7, 11) is 0. The standard InChI is InChI=1S/C21H20ClFN6O2/c1-3-16-26-17(11(2)23)20(31-16)21(30)28-8-6-13-18(25-10-24-13)19(28)14-9-15-12(22)5-4-7-29(15)27-14/h4-5,7,9-11,19H,3,6,8H2,1-2H3,(H,24,25)/t11?,19-/m1/s1. The molecule has 0 bridgehead atoms. The number of hydrogen-bond acceptors (Lipinski definition) is 5. The zero-order chi connectivity index (χ0) is 21.7. The molecule has 2 atom stereocenters. The molecule has 5 rings (SSSR count). The number of aromatic amines is 1. The minimum absolute atomic E-state index is 0.0199. The second-order valence-electron chi connectivity index (χ2n) is 7.46. The molecule has 1 amide bonds. The molecule has 8 nitrogen and oxygen atoms in total. The lowest BCUT2D eigenvalue weighted by Crippen LogP contribution is -2.41. The van der Waals surface area contributed by atoms with E-state index in [4.69, 9.17) is 16.0 Å². The molecule has 4 aromatic rings. The Morgan fingerprint density at radius 1 is 1.48 bits per heavy atom. The Morgan fingerprint density at radius 3 is 3.06 bits per heavy atom. The maximum Gasteiger partial charge on any atom is 0.292 e. The number of pyridine rings is 1. The lowest BCUT2D eigenvalue weighted by atomic mass is 9.99. The van der Waals surface area contributed by atoms with Gasteiger partial charge < -0.3 is 14.3 Å². The summed E-state index contributed by atoms with van der Waals surface area (Å²) in [6.07, 6.45) is 3.01. The van der Waals surface area contributed by atoms with Crippen LogP contribution in [0.1, 0.15) is 65.3 Å². The van der Waals surface area contributed by atoms with Crippen molar-refractivity contribution >= 4 is 23.0 Å². The maximum absolute atomic E-state index is 14.2. The molecule has 0 saturated heterocycles. The summed E-state index contributed by atoms with van der Waals surface area (Å²) in [5.41, 5.74) is 2.98. The fraction of sp³-hybridized carbons (Fsp3) is 0.333. The largest absolute Gasteiger partial charge is 0.435 e. The molecule has 0 radical (unpaired) electrons. The fourth-order valence-electron chi connectivity index (χ4n) is 4.01. The molecule has 0 aliphatic carbocycles. The SMILES string of the molecule is CCc1nc(C(C)F)c(C(=O)N2CCc3[nH]cnc3[C@H]2c2cc3c(Cl)cccn3n2)o1. The molecule has 160 valence electrons. The molecule has 1 aliphatic heterocycles. The molecule has 1 aliphatic rings. The van der Waals surface area contributed by atoms with Crippen LogP contribution in [0.2, 0.25) is 5.02 Å². The van der Waals surface area contributed by atoms with Gasteiger partial charge in [0.1, 0.15) is 17.9 Å². The number of carbonyl (C=O) groups is 1. The van der Waals surface area contributed by atoms with E-state index < -0.39 is 18.1 Å². The lowest BCUT2D eigenvalue weighted by Gasteiger charge is -2.33. The third-order valence-electron chi connectivity index (χ3n) is 5.51. The van der Waals surface area contributed by atoms with Gasteiger partial charge >= 0.3 is 0 Å². The molecular weight excluding hydrogens is 423 g/mol. The van der Waals surface area contributed by atoms with Crippen LogP contribution in [0.15, 0.2) is 35.1 Å². The number of halogens is 2. The van der Waals surface area contributed by atoms with Gasteiger partial charge in [-0.2, -0.15) is 5.10 Å². The van der Waals surface area contributed by atoms with Crippen LogP contribution in [0.25, 0.3) is 5.52 Å². The molecule has 10 heteroatoms. The van der Waals surface area contributed by atoms with E-state index in [2.05, 4.69) is 20.1 Å². The number of hydrogen-bond donors (Lipinski definition) is 1. The number of rotatable bonds is 4. The summed E-state index contributed by atoms with van der Waals surface area (Å²) in [5, 5.41) is 5.19. The van der Waals surface area contributed by atoms with Crippen LogP contribution in [0.3, 0.4) is 0 Å². The van der Waals surface area contributed by atoms with Crippen molar-refractivity contribution in [2.75, 3.05) is 6.54 Å². The van der Waals surface area contributed by atoms with Gasteiger partial charge in [0.2, 0.25) is 5.76 Å². The van der Waals surface area contributed by atoms with Gasteiger partial charge in [0, 0.05) is 31.3 Å². The third-order valence-corrected chi connectivity index (χ3v) is 5.83. The third kappa shape index (κ3) is 3.20. The van der Waals surface area contributed by atoms with Crippen LogP contribution >= 0.6 is 11.6 Å². The Balaban J connectivity index is 1.63. The van der Waals surface area contributed by atoms with Crippen LogP contribution in [0, 0.1) is 0 Å². The van der Waals surface area contributed by atoms with Gasteiger partial charge in [-0.05, 0) is 25.1 Å². The summed E-state index contributed by atoms with van der Waals surface area (Å²) in [4.78, 5) is 27.0. The van der Waals surface area contributed by atoms with Gasteiger partial charge in [-0.1, -0.05) is 18.5 Å². The molecule has 1 N–H and O–H groups in total. The predicted molar refractivity (Wildman–Crippen MR) is 111 cm³/mol. The first-order chi connectivity index (χ1) is 15.0. The number of imidazole rings is 1. The van der Waals surface area contributed by atoms with Crippen molar-refractivity contribution < 1.29 is 13.6 Å². The van der Waals surface area contributed by atoms with Crippen molar-refractivity contribution in [1.82, 2.24) is 29.5 Å². The van der Waals surface area contributed by atoms with Crippen molar-refractivity contribution in [3.8, 4) is 0 Å². The fourth-order valence-corrected chi connectivity index (χ4v) is 4.22. The zero-order valence-electron chi connectivity index (χ0n) is 17.0. The predicted octanol–water partition coefficient (Wildman–Crippen LogP) is 4.08. The number of alkyl halides is 1. The van der Waals surface area contributed by atoms with E-state index in [0.29, 0.717) is 41.7 Å². The number of amides is 1. The van der Waals surface area contributed by atoms with Gasteiger partial charge in [-0.15, -0.1) is 0 Å². The summed E-state index contributed by atoms with van der Waals surface area (Å²) in [6.45, 7) is 3.58. The van der Waals surface area contributed by atoms with E-state index in [1.807, 2.05) is 13.0 Å². The number of oxazole rings is 1. The number of aryl methyl sites for hydroxylation is 1. The molecule has 4 aromatic heterocycles. The zero-order valence-corrected chi connectivity index (χ0v) is 17.7. The lowest BCUT2D eigenvalue weighted by molar-refractivity contribution is 0.0648. The molecule has 1 unspecified atom stereocenters. The van der Waals surface area contributed by atoms with Gasteiger partial charge in [-0.3, -0.25) is 4.79 Å². The number of nitrogens with zero attached hydrogens (tertiary/aromatic N) is 5. The molecule has 5 heterocycles. The molecule has 0 saturated carbocycles. The summed E-state index contributed by atoms with van der Waals surface area (Å²) in [6, 6.07) is 4.84. The minimum atomic E-state index is -1.43. The van der Waals surface area contributed by atoms with Crippen LogP contribution in [-0.4, -0.2) is 41.9 Å². The summed E-state index contributed by atoms with van der Waals surface area (Å²) >= 11 is 6.33. The average molecular weight is 443 g/mol. The Morgan fingerprint density at radius 2 is 2.32 bits per heavy atom. The highest BCUT2D eigenvalue weighted by molar-refractivity contribution is 6.33. The van der Waals surface area contributed by atoms with E-state index in [-0.39, 0.29) is 11.5 Å².